The van der Waals surface area contributed by atoms with E-state index in [0.717, 1.165) is 9.13 Å². The molecule has 0 amide bonds. The van der Waals surface area contributed by atoms with Gasteiger partial charge in [0.05, 0.1) is 12.5 Å². The molecule has 0 spiro atoms. The Bertz CT molecular complexity index is 346. The van der Waals surface area contributed by atoms with Crippen LogP contribution in [0.25, 0.3) is 0 Å². The zero-order chi connectivity index (χ0) is 9.84. The highest BCUT2D eigenvalue weighted by Crippen LogP contribution is 2.23. The lowest BCUT2D eigenvalue weighted by Gasteiger charge is -2.10. The summed E-state index contributed by atoms with van der Waals surface area (Å²) in [7, 11) is 0. The van der Waals surface area contributed by atoms with Gasteiger partial charge in [-0.3, -0.25) is 0 Å². The Kier molecular flexibility index (Phi) is 3.97. The van der Waals surface area contributed by atoms with E-state index in [0.29, 0.717) is 11.4 Å². The summed E-state index contributed by atoms with van der Waals surface area (Å²) in [6.07, 6.45) is 0.316. The van der Waals surface area contributed by atoms with Crippen molar-refractivity contribution in [2.24, 2.45) is 5.73 Å². The predicted molar refractivity (Wildman–Crippen MR) is 61.3 cm³/mol. The zero-order valence-corrected chi connectivity index (χ0v) is 9.71. The maximum absolute atomic E-state index is 8.49. The molecule has 0 aliphatic carbocycles. The maximum atomic E-state index is 8.49. The van der Waals surface area contributed by atoms with Gasteiger partial charge in [0.1, 0.15) is 0 Å². The smallest absolute Gasteiger partial charge is 0.0641 e. The number of rotatable bonds is 2. The molecule has 1 atom stereocenters. The van der Waals surface area contributed by atoms with Crippen molar-refractivity contribution in [2.45, 2.75) is 12.5 Å². The minimum Gasteiger partial charge on any atom is -0.323 e. The van der Waals surface area contributed by atoms with E-state index >= 15 is 0 Å². The van der Waals surface area contributed by atoms with E-state index in [-0.39, 0.29) is 6.04 Å². The highest BCUT2D eigenvalue weighted by Gasteiger charge is 2.09. The first kappa shape index (κ1) is 10.8. The fraction of sp³-hybridized carbons (Fsp3) is 0.222. The highest BCUT2D eigenvalue weighted by atomic mass is 127. The van der Waals surface area contributed by atoms with Crippen LogP contribution in [0, 0.1) is 14.9 Å². The van der Waals surface area contributed by atoms with E-state index in [2.05, 4.69) is 22.6 Å². The van der Waals surface area contributed by atoms with Crippen LogP contribution in [-0.4, -0.2) is 0 Å². The number of hydrogen-bond acceptors (Lipinski definition) is 2. The van der Waals surface area contributed by atoms with Crippen molar-refractivity contribution in [3.05, 3.63) is 32.4 Å². The molecular formula is C9H8ClIN2. The largest absolute Gasteiger partial charge is 0.323 e. The summed E-state index contributed by atoms with van der Waals surface area (Å²) in [5, 5.41) is 9.15. The Hall–Kier alpha value is -0.310. The van der Waals surface area contributed by atoms with Gasteiger partial charge in [-0.2, -0.15) is 5.26 Å². The monoisotopic (exact) mass is 306 g/mol. The van der Waals surface area contributed by atoms with Crippen LogP contribution >= 0.6 is 34.2 Å². The van der Waals surface area contributed by atoms with E-state index < -0.39 is 0 Å². The summed E-state index contributed by atoms with van der Waals surface area (Å²) in [6.45, 7) is 0. The Morgan fingerprint density at radius 3 is 2.92 bits per heavy atom. The third-order valence-corrected chi connectivity index (χ3v) is 2.89. The van der Waals surface area contributed by atoms with Crippen molar-refractivity contribution in [3.63, 3.8) is 0 Å². The summed E-state index contributed by atoms with van der Waals surface area (Å²) in [5.74, 6) is 0. The van der Waals surface area contributed by atoms with Crippen LogP contribution in [0.3, 0.4) is 0 Å². The predicted octanol–water partition coefficient (Wildman–Crippen LogP) is 2.86. The number of halogens is 2. The molecule has 0 radical (unpaired) electrons. The Morgan fingerprint density at radius 2 is 2.31 bits per heavy atom. The minimum atomic E-state index is -0.240. The molecule has 0 bridgehead atoms. The fourth-order valence-electron chi connectivity index (χ4n) is 1.01. The quantitative estimate of drug-likeness (QED) is 0.854. The van der Waals surface area contributed by atoms with Crippen LogP contribution < -0.4 is 5.73 Å². The summed E-state index contributed by atoms with van der Waals surface area (Å²) in [6, 6.07) is 7.32. The van der Waals surface area contributed by atoms with Gasteiger partial charge in [-0.1, -0.05) is 11.6 Å². The van der Waals surface area contributed by atoms with Crippen LogP contribution in [-0.2, 0) is 0 Å². The number of nitriles is 1. The van der Waals surface area contributed by atoms with Crippen molar-refractivity contribution >= 4 is 34.2 Å². The van der Waals surface area contributed by atoms with E-state index in [4.69, 9.17) is 22.6 Å². The molecule has 1 aromatic carbocycles. The molecule has 0 fully saturated rings. The third kappa shape index (κ3) is 2.83. The molecule has 0 saturated heterocycles. The maximum Gasteiger partial charge on any atom is 0.0641 e. The van der Waals surface area contributed by atoms with Gasteiger partial charge < -0.3 is 5.73 Å². The first-order chi connectivity index (χ1) is 6.15. The van der Waals surface area contributed by atoms with E-state index in [9.17, 15) is 0 Å². The Labute approximate surface area is 95.8 Å². The van der Waals surface area contributed by atoms with Gasteiger partial charge in [-0.15, -0.1) is 0 Å². The second-order valence-electron chi connectivity index (χ2n) is 2.63. The van der Waals surface area contributed by atoms with Gasteiger partial charge in [-0.05, 0) is 46.4 Å². The lowest BCUT2D eigenvalue weighted by Crippen LogP contribution is -2.10. The molecule has 2 nitrogen and oxygen atoms in total. The van der Waals surface area contributed by atoms with Crippen molar-refractivity contribution in [1.82, 2.24) is 0 Å². The second-order valence-corrected chi connectivity index (χ2v) is 4.23. The van der Waals surface area contributed by atoms with Gasteiger partial charge in [0.15, 0.2) is 0 Å². The normalized spacial score (nSPS) is 12.2. The molecule has 0 saturated carbocycles. The fourth-order valence-corrected chi connectivity index (χ4v) is 1.92. The van der Waals surface area contributed by atoms with E-state index in [1.165, 1.54) is 0 Å². The second kappa shape index (κ2) is 4.80. The van der Waals surface area contributed by atoms with Crippen LogP contribution in [0.1, 0.15) is 18.0 Å². The number of nitrogens with zero attached hydrogens (tertiary/aromatic N) is 1. The zero-order valence-electron chi connectivity index (χ0n) is 6.80. The lowest BCUT2D eigenvalue weighted by atomic mass is 10.1. The molecule has 1 unspecified atom stereocenters. The first-order valence-electron chi connectivity index (χ1n) is 3.72. The SMILES string of the molecule is N#CCC(N)c1cc(Cl)ccc1I. The molecule has 0 aromatic heterocycles. The number of hydrogen-bond donors (Lipinski definition) is 1. The van der Waals surface area contributed by atoms with Crippen LogP contribution in [0.15, 0.2) is 18.2 Å². The summed E-state index contributed by atoms with van der Waals surface area (Å²) in [5.41, 5.74) is 6.73. The standard InChI is InChI=1S/C9H8ClIN2/c10-6-1-2-8(11)7(5-6)9(13)3-4-12/h1-2,5,9H,3,13H2. The third-order valence-electron chi connectivity index (χ3n) is 1.67. The van der Waals surface area contributed by atoms with Crippen LogP contribution in [0.2, 0.25) is 5.02 Å². The lowest BCUT2D eigenvalue weighted by molar-refractivity contribution is 0.744. The molecule has 13 heavy (non-hydrogen) atoms. The van der Waals surface area contributed by atoms with Gasteiger partial charge in [-0.25, -0.2) is 0 Å². The van der Waals surface area contributed by atoms with Gasteiger partial charge in [0, 0.05) is 14.6 Å². The Balaban J connectivity index is 3.00. The average Bonchev–Trinajstić information content (AvgIpc) is 2.09. The minimum absolute atomic E-state index is 0.240. The van der Waals surface area contributed by atoms with Crippen molar-refractivity contribution in [1.29, 1.82) is 5.26 Å². The van der Waals surface area contributed by atoms with Crippen molar-refractivity contribution in [2.75, 3.05) is 0 Å². The molecule has 1 rings (SSSR count). The summed E-state index contributed by atoms with van der Waals surface area (Å²) < 4.78 is 1.05. The topological polar surface area (TPSA) is 49.8 Å². The number of benzene rings is 1. The van der Waals surface area contributed by atoms with Crippen molar-refractivity contribution < 1.29 is 0 Å². The van der Waals surface area contributed by atoms with Gasteiger partial charge in [0.25, 0.3) is 0 Å². The molecular weight excluding hydrogens is 298 g/mol. The van der Waals surface area contributed by atoms with E-state index in [1.807, 2.05) is 24.3 Å². The van der Waals surface area contributed by atoms with Crippen LogP contribution in [0.4, 0.5) is 0 Å². The van der Waals surface area contributed by atoms with Crippen LogP contribution in [0.5, 0.6) is 0 Å². The molecule has 2 N–H and O–H groups in total. The molecule has 0 aliphatic heterocycles. The number of nitrogens with two attached hydrogens (primary N) is 1. The van der Waals surface area contributed by atoms with Gasteiger partial charge in [0.2, 0.25) is 0 Å². The summed E-state index contributed by atoms with van der Waals surface area (Å²) >= 11 is 8.00. The van der Waals surface area contributed by atoms with E-state index in [1.54, 1.807) is 0 Å². The molecule has 68 valence electrons. The summed E-state index contributed by atoms with van der Waals surface area (Å²) in [4.78, 5) is 0. The van der Waals surface area contributed by atoms with Gasteiger partial charge >= 0.3 is 0 Å². The molecule has 1 aromatic rings. The highest BCUT2D eigenvalue weighted by molar-refractivity contribution is 14.1. The molecule has 0 heterocycles. The Morgan fingerprint density at radius 1 is 1.62 bits per heavy atom. The first-order valence-corrected chi connectivity index (χ1v) is 5.18. The molecule has 0 aliphatic rings. The average molecular weight is 307 g/mol. The van der Waals surface area contributed by atoms with Crippen molar-refractivity contribution in [3.8, 4) is 6.07 Å². The molecule has 4 heteroatoms.